The molecule has 114 valence electrons. The molecule has 2 aliphatic rings. The van der Waals surface area contributed by atoms with E-state index in [2.05, 4.69) is 0 Å². The maximum atomic E-state index is 12.4. The lowest BCUT2D eigenvalue weighted by atomic mass is 9.87. The van der Waals surface area contributed by atoms with Crippen LogP contribution in [0.1, 0.15) is 40.0 Å². The van der Waals surface area contributed by atoms with Crippen LogP contribution in [0.4, 0.5) is 4.79 Å². The minimum atomic E-state index is -0.486. The van der Waals surface area contributed by atoms with Gasteiger partial charge in [0.15, 0.2) is 0 Å². The van der Waals surface area contributed by atoms with E-state index in [0.29, 0.717) is 32.1 Å². The zero-order chi connectivity index (χ0) is 14.8. The number of carbonyl (C=O) groups is 2. The molecule has 2 rings (SSSR count). The quantitative estimate of drug-likeness (QED) is 0.780. The molecule has 0 aromatic heterocycles. The minimum absolute atomic E-state index is 0.0226. The monoisotopic (exact) mass is 283 g/mol. The van der Waals surface area contributed by atoms with Crippen molar-refractivity contribution in [2.24, 2.45) is 11.8 Å². The molecular weight excluding hydrogens is 258 g/mol. The molecule has 0 spiro atoms. The van der Waals surface area contributed by atoms with Crippen LogP contribution in [-0.4, -0.2) is 48.7 Å². The number of ether oxygens (including phenoxy) is 2. The number of likely N-dealkylation sites (tertiary alicyclic amines) is 1. The summed E-state index contributed by atoms with van der Waals surface area (Å²) in [5.74, 6) is 0.400. The number of carbonyl (C=O) groups excluding carboxylic acids is 2. The van der Waals surface area contributed by atoms with Gasteiger partial charge in [-0.2, -0.15) is 0 Å². The fourth-order valence-electron chi connectivity index (χ4n) is 2.80. The van der Waals surface area contributed by atoms with E-state index in [1.807, 2.05) is 20.8 Å². The Morgan fingerprint density at radius 1 is 1.10 bits per heavy atom. The molecular formula is C15H25NO4. The van der Waals surface area contributed by atoms with Crippen LogP contribution in [0.15, 0.2) is 0 Å². The summed E-state index contributed by atoms with van der Waals surface area (Å²) in [6, 6.07) is 0. The smallest absolute Gasteiger partial charge is 0.410 e. The topological polar surface area (TPSA) is 55.8 Å². The molecule has 1 atom stereocenters. The van der Waals surface area contributed by atoms with Gasteiger partial charge >= 0.3 is 6.09 Å². The molecule has 0 aromatic carbocycles. The third-order valence-electron chi connectivity index (χ3n) is 3.87. The van der Waals surface area contributed by atoms with Gasteiger partial charge in [-0.3, -0.25) is 4.79 Å². The van der Waals surface area contributed by atoms with Crippen molar-refractivity contribution in [2.45, 2.75) is 45.6 Å². The zero-order valence-electron chi connectivity index (χ0n) is 12.7. The van der Waals surface area contributed by atoms with Crippen LogP contribution in [0.5, 0.6) is 0 Å². The van der Waals surface area contributed by atoms with E-state index < -0.39 is 5.60 Å². The Balaban J connectivity index is 1.85. The lowest BCUT2D eigenvalue weighted by molar-refractivity contribution is -0.129. The van der Waals surface area contributed by atoms with Crippen LogP contribution >= 0.6 is 0 Å². The molecule has 20 heavy (non-hydrogen) atoms. The highest BCUT2D eigenvalue weighted by atomic mass is 16.6. The van der Waals surface area contributed by atoms with Gasteiger partial charge in [0.05, 0.1) is 0 Å². The second-order valence-corrected chi connectivity index (χ2v) is 6.70. The van der Waals surface area contributed by atoms with Gasteiger partial charge < -0.3 is 14.4 Å². The highest BCUT2D eigenvalue weighted by Crippen LogP contribution is 2.26. The first-order valence-electron chi connectivity index (χ1n) is 7.46. The van der Waals surface area contributed by atoms with E-state index in [-0.39, 0.29) is 17.9 Å². The molecule has 0 saturated carbocycles. The zero-order valence-corrected chi connectivity index (χ0v) is 12.7. The predicted octanol–water partition coefficient (Wildman–Crippen LogP) is 2.24. The van der Waals surface area contributed by atoms with E-state index in [0.717, 1.165) is 19.3 Å². The molecule has 5 nitrogen and oxygen atoms in total. The predicted molar refractivity (Wildman–Crippen MR) is 74.5 cm³/mol. The second-order valence-electron chi connectivity index (χ2n) is 6.70. The Labute approximate surface area is 120 Å². The van der Waals surface area contributed by atoms with Crippen molar-refractivity contribution >= 4 is 11.9 Å². The molecule has 0 bridgehead atoms. The highest BCUT2D eigenvalue weighted by molar-refractivity contribution is 5.84. The van der Waals surface area contributed by atoms with Crippen molar-refractivity contribution in [3.05, 3.63) is 0 Å². The maximum Gasteiger partial charge on any atom is 0.410 e. The summed E-state index contributed by atoms with van der Waals surface area (Å²) in [7, 11) is 0. The summed E-state index contributed by atoms with van der Waals surface area (Å²) in [6.45, 7) is 8.04. The molecule has 1 amide bonds. The van der Waals surface area contributed by atoms with Crippen molar-refractivity contribution in [3.63, 3.8) is 0 Å². The van der Waals surface area contributed by atoms with Gasteiger partial charge in [0.25, 0.3) is 0 Å². The van der Waals surface area contributed by atoms with Gasteiger partial charge in [-0.15, -0.1) is 0 Å². The summed E-state index contributed by atoms with van der Waals surface area (Å²) in [5.41, 5.74) is -0.486. The minimum Gasteiger partial charge on any atom is -0.444 e. The van der Waals surface area contributed by atoms with Crippen molar-refractivity contribution in [2.75, 3.05) is 26.3 Å². The molecule has 0 radical (unpaired) electrons. The third-order valence-corrected chi connectivity index (χ3v) is 3.87. The van der Waals surface area contributed by atoms with E-state index in [9.17, 15) is 9.59 Å². The first-order valence-corrected chi connectivity index (χ1v) is 7.46. The summed E-state index contributed by atoms with van der Waals surface area (Å²) >= 11 is 0. The van der Waals surface area contributed by atoms with Crippen molar-refractivity contribution in [1.82, 2.24) is 4.90 Å². The van der Waals surface area contributed by atoms with E-state index in [1.54, 1.807) is 4.90 Å². The number of rotatable bonds is 2. The second kappa shape index (κ2) is 6.12. The van der Waals surface area contributed by atoms with Gasteiger partial charge in [-0.1, -0.05) is 0 Å². The first kappa shape index (κ1) is 15.3. The number of hydrogen-bond acceptors (Lipinski definition) is 4. The van der Waals surface area contributed by atoms with Crippen LogP contribution in [0.25, 0.3) is 0 Å². The molecule has 2 aliphatic heterocycles. The number of ketones is 1. The normalized spacial score (nSPS) is 24.8. The number of Topliss-reactive ketones (excluding diaryl/α,β-unsaturated/α-hetero) is 1. The fraction of sp³-hybridized carbons (Fsp3) is 0.867. The van der Waals surface area contributed by atoms with Crippen molar-refractivity contribution in [3.8, 4) is 0 Å². The summed E-state index contributed by atoms with van der Waals surface area (Å²) < 4.78 is 10.6. The Morgan fingerprint density at radius 2 is 1.75 bits per heavy atom. The number of nitrogens with zero attached hydrogens (tertiary/aromatic N) is 1. The Morgan fingerprint density at radius 3 is 2.35 bits per heavy atom. The van der Waals surface area contributed by atoms with Crippen LogP contribution in [0, 0.1) is 11.8 Å². The average molecular weight is 283 g/mol. The standard InChI is InChI=1S/C15H25NO4/c1-15(2,3)20-14(18)16-7-4-12(10-16)13(17)11-5-8-19-9-6-11/h11-12H,4-10H2,1-3H3. The molecule has 1 unspecified atom stereocenters. The lowest BCUT2D eigenvalue weighted by Crippen LogP contribution is -2.36. The Hall–Kier alpha value is -1.10. The number of amides is 1. The fourth-order valence-corrected chi connectivity index (χ4v) is 2.80. The summed E-state index contributed by atoms with van der Waals surface area (Å²) in [5, 5.41) is 0. The maximum absolute atomic E-state index is 12.4. The molecule has 0 aliphatic carbocycles. The van der Waals surface area contributed by atoms with Crippen LogP contribution in [-0.2, 0) is 14.3 Å². The molecule has 2 fully saturated rings. The third kappa shape index (κ3) is 3.95. The molecule has 5 heteroatoms. The Kier molecular flexibility index (Phi) is 4.68. The van der Waals surface area contributed by atoms with Crippen molar-refractivity contribution in [1.29, 1.82) is 0 Å². The average Bonchev–Trinajstić information content (AvgIpc) is 2.86. The van der Waals surface area contributed by atoms with E-state index >= 15 is 0 Å². The largest absolute Gasteiger partial charge is 0.444 e. The molecule has 0 aromatic rings. The molecule has 2 saturated heterocycles. The van der Waals surface area contributed by atoms with Crippen LogP contribution in [0.3, 0.4) is 0 Å². The van der Waals surface area contributed by atoms with Gasteiger partial charge in [0.2, 0.25) is 0 Å². The Bertz CT molecular complexity index is 369. The van der Waals surface area contributed by atoms with Crippen LogP contribution in [0.2, 0.25) is 0 Å². The number of hydrogen-bond donors (Lipinski definition) is 0. The van der Waals surface area contributed by atoms with Gasteiger partial charge in [0.1, 0.15) is 11.4 Å². The highest BCUT2D eigenvalue weighted by Gasteiger charge is 2.36. The molecule has 2 heterocycles. The van der Waals surface area contributed by atoms with Crippen LogP contribution < -0.4 is 0 Å². The summed E-state index contributed by atoms with van der Waals surface area (Å²) in [6.07, 6.45) is 2.10. The van der Waals surface area contributed by atoms with E-state index in [1.165, 1.54) is 0 Å². The SMILES string of the molecule is CC(C)(C)OC(=O)N1CCC(C(=O)C2CCOCC2)C1. The van der Waals surface area contributed by atoms with Gasteiger partial charge in [0, 0.05) is 38.1 Å². The van der Waals surface area contributed by atoms with Gasteiger partial charge in [-0.25, -0.2) is 4.79 Å². The first-order chi connectivity index (χ1) is 9.37. The molecule has 0 N–H and O–H groups in total. The summed E-state index contributed by atoms with van der Waals surface area (Å²) in [4.78, 5) is 26.1. The van der Waals surface area contributed by atoms with Crippen molar-refractivity contribution < 1.29 is 19.1 Å². The lowest BCUT2D eigenvalue weighted by Gasteiger charge is -2.25. The van der Waals surface area contributed by atoms with E-state index in [4.69, 9.17) is 9.47 Å². The van der Waals surface area contributed by atoms with Gasteiger partial charge in [-0.05, 0) is 40.0 Å².